The molecule has 0 unspecified atom stereocenters. The molecule has 0 atom stereocenters. The van der Waals surface area contributed by atoms with Crippen molar-refractivity contribution in [1.29, 1.82) is 0 Å². The van der Waals surface area contributed by atoms with E-state index in [0.717, 1.165) is 41.5 Å². The Bertz CT molecular complexity index is 978. The molecule has 3 N–H and O–H groups in total. The van der Waals surface area contributed by atoms with Gasteiger partial charge in [-0.2, -0.15) is 4.98 Å². The van der Waals surface area contributed by atoms with E-state index in [1.807, 2.05) is 24.3 Å². The summed E-state index contributed by atoms with van der Waals surface area (Å²) in [5.74, 6) is 1.05. The predicted octanol–water partition coefficient (Wildman–Crippen LogP) is 5.14. The summed E-state index contributed by atoms with van der Waals surface area (Å²) >= 11 is 6.03. The van der Waals surface area contributed by atoms with Crippen molar-refractivity contribution in [3.63, 3.8) is 0 Å². The molecule has 0 bridgehead atoms. The summed E-state index contributed by atoms with van der Waals surface area (Å²) < 4.78 is 0. The molecule has 4 nitrogen and oxygen atoms in total. The number of hydrogen-bond acceptors (Lipinski definition) is 4. The monoisotopic (exact) mass is 378 g/mol. The van der Waals surface area contributed by atoms with E-state index < -0.39 is 0 Å². The topological polar surface area (TPSA) is 63.8 Å². The van der Waals surface area contributed by atoms with Gasteiger partial charge in [0.15, 0.2) is 0 Å². The Morgan fingerprint density at radius 3 is 2.52 bits per heavy atom. The summed E-state index contributed by atoms with van der Waals surface area (Å²) in [4.78, 5) is 8.83. The molecule has 1 aliphatic carbocycles. The summed E-state index contributed by atoms with van der Waals surface area (Å²) in [7, 11) is 0. The minimum Gasteiger partial charge on any atom is -0.369 e. The molecule has 3 aromatic rings. The Balaban J connectivity index is 1.57. The molecule has 1 heterocycles. The minimum absolute atomic E-state index is 0.156. The number of anilines is 2. The van der Waals surface area contributed by atoms with E-state index in [9.17, 15) is 0 Å². The van der Waals surface area contributed by atoms with Gasteiger partial charge in [-0.05, 0) is 55.5 Å². The molecule has 1 saturated carbocycles. The Morgan fingerprint density at radius 2 is 1.81 bits per heavy atom. The lowest BCUT2D eigenvalue weighted by Gasteiger charge is -2.18. The van der Waals surface area contributed by atoms with E-state index in [0.29, 0.717) is 0 Å². The van der Waals surface area contributed by atoms with Crippen LogP contribution in [0.25, 0.3) is 11.3 Å². The van der Waals surface area contributed by atoms with Crippen molar-refractivity contribution < 1.29 is 0 Å². The molecule has 0 aliphatic heterocycles. The highest BCUT2D eigenvalue weighted by atomic mass is 35.5. The summed E-state index contributed by atoms with van der Waals surface area (Å²) in [6, 6.07) is 16.4. The fourth-order valence-corrected chi connectivity index (χ4v) is 3.63. The standard InChI is InChI=1S/C22H23ClN4/c1-14-4-3-5-18(15(14)2)19-12-20(27-21(24)26-19)25-13-22(10-11-22)16-6-8-17(23)9-7-16/h3-9,12H,10-11,13H2,1-2H3,(H3,24,25,26,27). The number of nitrogens with one attached hydrogen (secondary N) is 1. The van der Waals surface area contributed by atoms with Gasteiger partial charge < -0.3 is 11.1 Å². The van der Waals surface area contributed by atoms with Gasteiger partial charge >= 0.3 is 0 Å². The number of aromatic nitrogens is 2. The van der Waals surface area contributed by atoms with Gasteiger partial charge in [0.2, 0.25) is 5.95 Å². The van der Waals surface area contributed by atoms with E-state index in [1.165, 1.54) is 16.7 Å². The number of benzene rings is 2. The average molecular weight is 379 g/mol. The highest BCUT2D eigenvalue weighted by Crippen LogP contribution is 2.48. The molecular weight excluding hydrogens is 356 g/mol. The lowest BCUT2D eigenvalue weighted by atomic mass is 9.96. The van der Waals surface area contributed by atoms with Crippen LogP contribution < -0.4 is 11.1 Å². The van der Waals surface area contributed by atoms with Crippen molar-refractivity contribution in [2.45, 2.75) is 32.1 Å². The number of nitrogens with two attached hydrogens (primary N) is 1. The van der Waals surface area contributed by atoms with Crippen LogP contribution in [0.3, 0.4) is 0 Å². The van der Waals surface area contributed by atoms with Crippen molar-refractivity contribution in [2.75, 3.05) is 17.6 Å². The highest BCUT2D eigenvalue weighted by molar-refractivity contribution is 6.30. The van der Waals surface area contributed by atoms with Crippen molar-refractivity contribution in [3.8, 4) is 11.3 Å². The first-order chi connectivity index (χ1) is 13.0. The Hall–Kier alpha value is -2.59. The van der Waals surface area contributed by atoms with Crippen LogP contribution in [0, 0.1) is 13.8 Å². The third-order valence-electron chi connectivity index (χ3n) is 5.54. The number of rotatable bonds is 5. The van der Waals surface area contributed by atoms with E-state index in [1.54, 1.807) is 0 Å². The maximum atomic E-state index is 6.03. The van der Waals surface area contributed by atoms with Crippen LogP contribution in [0.2, 0.25) is 5.02 Å². The Kier molecular flexibility index (Phi) is 4.52. The second kappa shape index (κ2) is 6.86. The van der Waals surface area contributed by atoms with Crippen LogP contribution in [-0.2, 0) is 5.41 Å². The van der Waals surface area contributed by atoms with Crippen molar-refractivity contribution in [3.05, 3.63) is 70.2 Å². The van der Waals surface area contributed by atoms with Crippen LogP contribution >= 0.6 is 11.6 Å². The lowest BCUT2D eigenvalue weighted by Crippen LogP contribution is -2.20. The molecule has 2 aromatic carbocycles. The number of aryl methyl sites for hydroxylation is 1. The van der Waals surface area contributed by atoms with Crippen molar-refractivity contribution in [1.82, 2.24) is 9.97 Å². The number of nitrogens with zero attached hydrogens (tertiary/aromatic N) is 2. The third kappa shape index (κ3) is 3.62. The van der Waals surface area contributed by atoms with Gasteiger partial charge in [-0.15, -0.1) is 0 Å². The van der Waals surface area contributed by atoms with E-state index in [4.69, 9.17) is 17.3 Å². The zero-order valence-corrected chi connectivity index (χ0v) is 16.3. The largest absolute Gasteiger partial charge is 0.369 e. The van der Waals surface area contributed by atoms with E-state index >= 15 is 0 Å². The van der Waals surface area contributed by atoms with Gasteiger partial charge in [0.1, 0.15) is 5.82 Å². The fourth-order valence-electron chi connectivity index (χ4n) is 3.50. The van der Waals surface area contributed by atoms with E-state index in [2.05, 4.69) is 53.4 Å². The molecule has 1 fully saturated rings. The Morgan fingerprint density at radius 1 is 1.07 bits per heavy atom. The van der Waals surface area contributed by atoms with Crippen LogP contribution in [0.15, 0.2) is 48.5 Å². The molecule has 27 heavy (non-hydrogen) atoms. The predicted molar refractivity (Wildman–Crippen MR) is 112 cm³/mol. The summed E-state index contributed by atoms with van der Waals surface area (Å²) in [6.07, 6.45) is 2.32. The molecule has 1 aliphatic rings. The molecule has 0 saturated heterocycles. The summed E-state index contributed by atoms with van der Waals surface area (Å²) in [6.45, 7) is 5.03. The normalized spacial score (nSPS) is 14.8. The Labute approximate surface area is 164 Å². The van der Waals surface area contributed by atoms with Crippen molar-refractivity contribution in [2.24, 2.45) is 0 Å². The third-order valence-corrected chi connectivity index (χ3v) is 5.79. The van der Waals surface area contributed by atoms with Crippen LogP contribution in [0.4, 0.5) is 11.8 Å². The number of nitrogen functional groups attached to an aromatic ring is 1. The average Bonchev–Trinajstić information content (AvgIpc) is 3.44. The maximum absolute atomic E-state index is 6.03. The molecular formula is C22H23ClN4. The zero-order chi connectivity index (χ0) is 19.0. The second-order valence-corrected chi connectivity index (χ2v) is 7.82. The fraction of sp³-hybridized carbons (Fsp3) is 0.273. The van der Waals surface area contributed by atoms with Gasteiger partial charge in [0.05, 0.1) is 5.69 Å². The zero-order valence-electron chi connectivity index (χ0n) is 15.6. The molecule has 0 spiro atoms. The van der Waals surface area contributed by atoms with Gasteiger partial charge in [0, 0.05) is 28.6 Å². The summed E-state index contributed by atoms with van der Waals surface area (Å²) in [5.41, 5.74) is 11.8. The highest BCUT2D eigenvalue weighted by Gasteiger charge is 2.44. The van der Waals surface area contributed by atoms with Crippen molar-refractivity contribution >= 4 is 23.4 Å². The molecule has 0 amide bonds. The van der Waals surface area contributed by atoms with Gasteiger partial charge in [-0.25, -0.2) is 4.98 Å². The maximum Gasteiger partial charge on any atom is 0.222 e. The smallest absolute Gasteiger partial charge is 0.222 e. The van der Waals surface area contributed by atoms with Crippen LogP contribution in [0.1, 0.15) is 29.5 Å². The molecule has 5 heteroatoms. The van der Waals surface area contributed by atoms with Crippen LogP contribution in [0.5, 0.6) is 0 Å². The first kappa shape index (κ1) is 17.8. The van der Waals surface area contributed by atoms with Gasteiger partial charge in [-0.3, -0.25) is 0 Å². The summed E-state index contributed by atoms with van der Waals surface area (Å²) in [5, 5.41) is 4.25. The number of hydrogen-bond donors (Lipinski definition) is 2. The SMILES string of the molecule is Cc1cccc(-c2cc(NCC3(c4ccc(Cl)cc4)CC3)nc(N)n2)c1C. The van der Waals surface area contributed by atoms with Gasteiger partial charge in [0.25, 0.3) is 0 Å². The first-order valence-electron chi connectivity index (χ1n) is 9.18. The number of halogens is 1. The molecule has 138 valence electrons. The molecule has 0 radical (unpaired) electrons. The van der Waals surface area contributed by atoms with E-state index in [-0.39, 0.29) is 11.4 Å². The quantitative estimate of drug-likeness (QED) is 0.645. The molecule has 4 rings (SSSR count). The molecule has 1 aromatic heterocycles. The van der Waals surface area contributed by atoms with Gasteiger partial charge in [-0.1, -0.05) is 41.9 Å². The van der Waals surface area contributed by atoms with Crippen LogP contribution in [-0.4, -0.2) is 16.5 Å². The minimum atomic E-state index is 0.156. The lowest BCUT2D eigenvalue weighted by molar-refractivity contribution is 0.730. The first-order valence-corrected chi connectivity index (χ1v) is 9.56. The second-order valence-electron chi connectivity index (χ2n) is 7.38.